The zero-order valence-corrected chi connectivity index (χ0v) is 18.5. The summed E-state index contributed by atoms with van der Waals surface area (Å²) in [6.07, 6.45) is 1.72. The predicted molar refractivity (Wildman–Crippen MR) is 125 cm³/mol. The Labute approximate surface area is 190 Å². The minimum Gasteiger partial charge on any atom is -0.488 e. The van der Waals surface area contributed by atoms with E-state index in [0.29, 0.717) is 22.3 Å². The van der Waals surface area contributed by atoms with E-state index in [-0.39, 0.29) is 17.7 Å². The number of halogens is 1. The van der Waals surface area contributed by atoms with Crippen molar-refractivity contribution in [3.63, 3.8) is 0 Å². The molecule has 1 heterocycles. The Morgan fingerprint density at radius 2 is 1.61 bits per heavy atom. The summed E-state index contributed by atoms with van der Waals surface area (Å²) in [5.41, 5.74) is 3.78. The molecule has 0 bridgehead atoms. The minimum absolute atomic E-state index is 0.261. The van der Waals surface area contributed by atoms with E-state index in [2.05, 4.69) is 0 Å². The molecule has 156 valence electrons. The molecule has 0 aromatic heterocycles. The van der Waals surface area contributed by atoms with Gasteiger partial charge in [-0.1, -0.05) is 71.8 Å². The van der Waals surface area contributed by atoms with Crippen molar-refractivity contribution in [2.24, 2.45) is 0 Å². The van der Waals surface area contributed by atoms with Crippen LogP contribution in [0.4, 0.5) is 4.79 Å². The summed E-state index contributed by atoms with van der Waals surface area (Å²) in [6, 6.07) is 22.7. The van der Waals surface area contributed by atoms with Crippen molar-refractivity contribution in [3.05, 3.63) is 105 Å². The third kappa shape index (κ3) is 5.19. The van der Waals surface area contributed by atoms with Gasteiger partial charge in [0.2, 0.25) is 0 Å². The highest BCUT2D eigenvalue weighted by Gasteiger charge is 2.35. The molecule has 0 N–H and O–H groups in total. The maximum atomic E-state index is 12.9. The number of rotatable bonds is 6. The SMILES string of the molecule is Cc1ccc(CN2C(=O)S/C(=C\c3ccccc3OCc3ccc(Cl)cc3)C2=O)cc1. The summed E-state index contributed by atoms with van der Waals surface area (Å²) >= 11 is 6.88. The zero-order valence-electron chi connectivity index (χ0n) is 16.9. The third-order valence-corrected chi connectivity index (χ3v) is 6.01. The number of ether oxygens (including phenoxy) is 1. The Balaban J connectivity index is 1.50. The van der Waals surface area contributed by atoms with E-state index in [0.717, 1.165) is 34.0 Å². The topological polar surface area (TPSA) is 46.6 Å². The second kappa shape index (κ2) is 9.41. The van der Waals surface area contributed by atoms with Crippen molar-refractivity contribution >= 4 is 40.6 Å². The van der Waals surface area contributed by atoms with Crippen LogP contribution >= 0.6 is 23.4 Å². The molecular weight excluding hydrogens is 430 g/mol. The number of benzene rings is 3. The number of carbonyl (C=O) groups excluding carboxylic acids is 2. The monoisotopic (exact) mass is 449 g/mol. The summed E-state index contributed by atoms with van der Waals surface area (Å²) in [4.78, 5) is 27.0. The Kier molecular flexibility index (Phi) is 6.44. The Bertz CT molecular complexity index is 1140. The summed E-state index contributed by atoms with van der Waals surface area (Å²) in [5.74, 6) is 0.353. The van der Waals surface area contributed by atoms with Crippen molar-refractivity contribution in [1.29, 1.82) is 0 Å². The molecule has 0 unspecified atom stereocenters. The second-order valence-electron chi connectivity index (χ2n) is 7.21. The number of amides is 2. The van der Waals surface area contributed by atoms with Gasteiger partial charge in [0.05, 0.1) is 11.4 Å². The lowest BCUT2D eigenvalue weighted by Crippen LogP contribution is -2.27. The van der Waals surface area contributed by atoms with Gasteiger partial charge < -0.3 is 4.74 Å². The highest BCUT2D eigenvalue weighted by Crippen LogP contribution is 2.35. The fraction of sp³-hybridized carbons (Fsp3) is 0.120. The molecule has 6 heteroatoms. The summed E-state index contributed by atoms with van der Waals surface area (Å²) in [5, 5.41) is 0.405. The number of hydrogen-bond acceptors (Lipinski definition) is 4. The molecule has 3 aromatic carbocycles. The summed E-state index contributed by atoms with van der Waals surface area (Å²) in [7, 11) is 0. The van der Waals surface area contributed by atoms with Gasteiger partial charge >= 0.3 is 0 Å². The number of thioether (sulfide) groups is 1. The molecule has 31 heavy (non-hydrogen) atoms. The number of para-hydroxylation sites is 1. The Morgan fingerprint density at radius 1 is 0.935 bits per heavy atom. The van der Waals surface area contributed by atoms with Crippen LogP contribution in [-0.4, -0.2) is 16.0 Å². The highest BCUT2D eigenvalue weighted by molar-refractivity contribution is 8.18. The molecule has 4 nitrogen and oxygen atoms in total. The lowest BCUT2D eigenvalue weighted by molar-refractivity contribution is -0.123. The highest BCUT2D eigenvalue weighted by atomic mass is 35.5. The third-order valence-electron chi connectivity index (χ3n) is 4.85. The molecule has 1 aliphatic heterocycles. The van der Waals surface area contributed by atoms with Crippen LogP contribution in [0, 0.1) is 6.92 Å². The molecule has 3 aromatic rings. The van der Waals surface area contributed by atoms with Crippen LogP contribution in [0.25, 0.3) is 6.08 Å². The quantitative estimate of drug-likeness (QED) is 0.405. The van der Waals surface area contributed by atoms with E-state index < -0.39 is 0 Å². The molecule has 0 atom stereocenters. The maximum Gasteiger partial charge on any atom is 0.293 e. The van der Waals surface area contributed by atoms with Crippen molar-refractivity contribution in [2.75, 3.05) is 0 Å². The van der Waals surface area contributed by atoms with Gasteiger partial charge in [-0.2, -0.15) is 0 Å². The molecule has 0 radical (unpaired) electrons. The Morgan fingerprint density at radius 3 is 2.35 bits per heavy atom. The molecule has 2 amide bonds. The van der Waals surface area contributed by atoms with Gasteiger partial charge in [-0.05, 0) is 54.1 Å². The van der Waals surface area contributed by atoms with Gasteiger partial charge in [0.1, 0.15) is 12.4 Å². The predicted octanol–water partition coefficient (Wildman–Crippen LogP) is 6.46. The van der Waals surface area contributed by atoms with Crippen molar-refractivity contribution < 1.29 is 14.3 Å². The molecule has 0 aliphatic carbocycles. The number of aryl methyl sites for hydroxylation is 1. The van der Waals surface area contributed by atoms with Gasteiger partial charge in [0.15, 0.2) is 0 Å². The van der Waals surface area contributed by atoms with E-state index in [4.69, 9.17) is 16.3 Å². The first-order chi connectivity index (χ1) is 15.0. The van der Waals surface area contributed by atoms with Gasteiger partial charge in [-0.15, -0.1) is 0 Å². The first-order valence-corrected chi connectivity index (χ1v) is 11.0. The first kappa shape index (κ1) is 21.2. The number of imide groups is 1. The van der Waals surface area contributed by atoms with Crippen LogP contribution < -0.4 is 4.74 Å². The molecule has 0 saturated carbocycles. The van der Waals surface area contributed by atoms with E-state index in [1.165, 1.54) is 4.90 Å². The van der Waals surface area contributed by atoms with Crippen molar-refractivity contribution in [3.8, 4) is 5.75 Å². The lowest BCUT2D eigenvalue weighted by atomic mass is 10.1. The van der Waals surface area contributed by atoms with Crippen LogP contribution in [0.1, 0.15) is 22.3 Å². The number of carbonyl (C=O) groups is 2. The lowest BCUT2D eigenvalue weighted by Gasteiger charge is -2.12. The van der Waals surface area contributed by atoms with E-state index in [1.807, 2.05) is 79.7 Å². The average molecular weight is 450 g/mol. The maximum absolute atomic E-state index is 12.9. The van der Waals surface area contributed by atoms with Crippen LogP contribution in [0.2, 0.25) is 5.02 Å². The standard InChI is InChI=1S/C25H20ClNO3S/c1-17-6-8-18(9-7-17)15-27-24(28)23(31-25(27)29)14-20-4-2-3-5-22(20)30-16-19-10-12-21(26)13-11-19/h2-14H,15-16H2,1H3/b23-14-. The van der Waals surface area contributed by atoms with E-state index in [1.54, 1.807) is 6.08 Å². The molecule has 1 fully saturated rings. The van der Waals surface area contributed by atoms with Crippen LogP contribution in [0.15, 0.2) is 77.7 Å². The normalized spacial score (nSPS) is 15.0. The van der Waals surface area contributed by atoms with Crippen molar-refractivity contribution in [1.82, 2.24) is 4.90 Å². The van der Waals surface area contributed by atoms with Crippen LogP contribution in [0.5, 0.6) is 5.75 Å². The summed E-state index contributed by atoms with van der Waals surface area (Å²) < 4.78 is 5.96. The molecule has 1 saturated heterocycles. The number of hydrogen-bond donors (Lipinski definition) is 0. The largest absolute Gasteiger partial charge is 0.488 e. The molecule has 4 rings (SSSR count). The zero-order chi connectivity index (χ0) is 21.8. The second-order valence-corrected chi connectivity index (χ2v) is 8.64. The van der Waals surface area contributed by atoms with Gasteiger partial charge in [0, 0.05) is 10.6 Å². The Hall–Kier alpha value is -3.02. The van der Waals surface area contributed by atoms with Gasteiger partial charge in [-0.25, -0.2) is 0 Å². The fourth-order valence-electron chi connectivity index (χ4n) is 3.13. The average Bonchev–Trinajstić information content (AvgIpc) is 3.03. The van der Waals surface area contributed by atoms with E-state index in [9.17, 15) is 9.59 Å². The van der Waals surface area contributed by atoms with Crippen LogP contribution in [-0.2, 0) is 17.9 Å². The van der Waals surface area contributed by atoms with Gasteiger partial charge in [-0.3, -0.25) is 14.5 Å². The number of nitrogens with zero attached hydrogens (tertiary/aromatic N) is 1. The smallest absolute Gasteiger partial charge is 0.293 e. The minimum atomic E-state index is -0.289. The van der Waals surface area contributed by atoms with Crippen LogP contribution in [0.3, 0.4) is 0 Å². The van der Waals surface area contributed by atoms with Crippen molar-refractivity contribution in [2.45, 2.75) is 20.1 Å². The molecular formula is C25H20ClNO3S. The fourth-order valence-corrected chi connectivity index (χ4v) is 4.08. The summed E-state index contributed by atoms with van der Waals surface area (Å²) in [6.45, 7) is 2.63. The van der Waals surface area contributed by atoms with E-state index >= 15 is 0 Å². The molecule has 1 aliphatic rings. The molecule has 0 spiro atoms. The first-order valence-electron chi connectivity index (χ1n) is 9.77. The van der Waals surface area contributed by atoms with Gasteiger partial charge in [0.25, 0.3) is 11.1 Å².